The summed E-state index contributed by atoms with van der Waals surface area (Å²) in [5.74, 6) is -2.72. The first kappa shape index (κ1) is 21.6. The van der Waals surface area contributed by atoms with Gasteiger partial charge in [-0.3, -0.25) is 0 Å². The number of carbonyl (C=O) groups excluding carboxylic acids is 2. The monoisotopic (exact) mass is 415 g/mol. The van der Waals surface area contributed by atoms with Gasteiger partial charge in [0.2, 0.25) is 5.90 Å². The van der Waals surface area contributed by atoms with E-state index in [0.717, 1.165) is 4.88 Å². The van der Waals surface area contributed by atoms with Crippen LogP contribution < -0.4 is 0 Å². The number of hydrogen-bond acceptors (Lipinski definition) is 7. The lowest BCUT2D eigenvalue weighted by Gasteiger charge is -2.28. The van der Waals surface area contributed by atoms with Crippen molar-refractivity contribution in [3.05, 3.63) is 22.4 Å². The molecule has 1 fully saturated rings. The van der Waals surface area contributed by atoms with Crippen LogP contribution in [-0.4, -0.2) is 46.6 Å². The summed E-state index contributed by atoms with van der Waals surface area (Å²) < 4.78 is 31.9. The zero-order chi connectivity index (χ0) is 20.4. The Bertz CT molecular complexity index is 734. The van der Waals surface area contributed by atoms with Crippen molar-refractivity contribution in [2.45, 2.75) is 50.4 Å². The molecule has 0 saturated carbocycles. The van der Waals surface area contributed by atoms with Crippen molar-refractivity contribution in [2.24, 2.45) is 10.3 Å². The molecule has 150 valence electrons. The Morgan fingerprint density at radius 2 is 1.89 bits per heavy atom. The summed E-state index contributed by atoms with van der Waals surface area (Å²) in [6.45, 7) is 7.25. The fourth-order valence-electron chi connectivity index (χ4n) is 3.04. The SMILES string of the molecule is CC[C@H]1/C(=N/S(=O)C(C)(C)C)OC(C(=O)OC)(C(=O)OC)[C@H]1c1cccs1. The predicted molar refractivity (Wildman–Crippen MR) is 104 cm³/mol. The highest BCUT2D eigenvalue weighted by atomic mass is 32.2. The Kier molecular flexibility index (Phi) is 6.47. The normalized spacial score (nSPS) is 24.3. The minimum absolute atomic E-state index is 0.111. The molecule has 1 aliphatic rings. The molecule has 2 rings (SSSR count). The third-order valence-corrected chi connectivity index (χ3v) is 6.74. The van der Waals surface area contributed by atoms with Crippen molar-refractivity contribution < 1.29 is 28.0 Å². The van der Waals surface area contributed by atoms with Crippen molar-refractivity contribution in [2.75, 3.05) is 14.2 Å². The average molecular weight is 416 g/mol. The molecule has 0 aromatic carbocycles. The number of thiophene rings is 1. The lowest BCUT2D eigenvalue weighted by Crippen LogP contribution is -2.52. The third-order valence-electron chi connectivity index (χ3n) is 4.39. The van der Waals surface area contributed by atoms with E-state index < -0.39 is 45.1 Å². The average Bonchev–Trinajstić information content (AvgIpc) is 3.25. The van der Waals surface area contributed by atoms with Crippen LogP contribution in [0.4, 0.5) is 0 Å². The Morgan fingerprint density at radius 3 is 2.30 bits per heavy atom. The van der Waals surface area contributed by atoms with E-state index in [-0.39, 0.29) is 5.90 Å². The number of methoxy groups -OCH3 is 2. The van der Waals surface area contributed by atoms with Crippen molar-refractivity contribution in [3.8, 4) is 0 Å². The second kappa shape index (κ2) is 8.10. The molecule has 1 aromatic rings. The maximum atomic E-state index is 12.8. The number of hydrogen-bond donors (Lipinski definition) is 0. The maximum Gasteiger partial charge on any atom is 0.362 e. The van der Waals surface area contributed by atoms with Gasteiger partial charge >= 0.3 is 17.5 Å². The maximum absolute atomic E-state index is 12.8. The zero-order valence-electron chi connectivity index (χ0n) is 16.3. The van der Waals surface area contributed by atoms with Crippen LogP contribution in [0.25, 0.3) is 0 Å². The summed E-state index contributed by atoms with van der Waals surface area (Å²) in [5, 5.41) is 1.85. The van der Waals surface area contributed by atoms with E-state index >= 15 is 0 Å². The van der Waals surface area contributed by atoms with E-state index in [1.54, 1.807) is 20.8 Å². The van der Waals surface area contributed by atoms with Crippen molar-refractivity contribution in [1.82, 2.24) is 0 Å². The lowest BCUT2D eigenvalue weighted by atomic mass is 9.78. The molecule has 1 saturated heterocycles. The first-order valence-electron chi connectivity index (χ1n) is 8.53. The van der Waals surface area contributed by atoms with Gasteiger partial charge in [0.05, 0.1) is 24.9 Å². The van der Waals surface area contributed by atoms with E-state index in [9.17, 15) is 13.8 Å². The van der Waals surface area contributed by atoms with Crippen LogP contribution in [0.3, 0.4) is 0 Å². The standard InChI is InChI=1S/C18H25NO6S2/c1-7-11-13(12-9-8-10-26-12)18(15(20)23-5,16(21)24-6)25-14(11)19-27(22)17(2,3)4/h8-11,13H,7H2,1-6H3/b19-14-/t11-,13-,27?/m1/s1. The molecule has 9 heteroatoms. The molecule has 0 amide bonds. The second-order valence-electron chi connectivity index (χ2n) is 7.12. The molecule has 27 heavy (non-hydrogen) atoms. The fraction of sp³-hybridized carbons (Fsp3) is 0.611. The van der Waals surface area contributed by atoms with Gasteiger partial charge in [0, 0.05) is 10.8 Å². The summed E-state index contributed by atoms with van der Waals surface area (Å²) in [6.07, 6.45) is 0.526. The molecule has 7 nitrogen and oxygen atoms in total. The molecular formula is C18H25NO6S2. The topological polar surface area (TPSA) is 91.3 Å². The van der Waals surface area contributed by atoms with E-state index in [0.29, 0.717) is 6.42 Å². The summed E-state index contributed by atoms with van der Waals surface area (Å²) in [6, 6.07) is 3.65. The van der Waals surface area contributed by atoms with Gasteiger partial charge in [0.25, 0.3) is 0 Å². The largest absolute Gasteiger partial charge is 0.466 e. The van der Waals surface area contributed by atoms with Gasteiger partial charge in [0.15, 0.2) is 0 Å². The van der Waals surface area contributed by atoms with E-state index in [1.165, 1.54) is 25.6 Å². The van der Waals surface area contributed by atoms with E-state index in [2.05, 4.69) is 4.40 Å². The smallest absolute Gasteiger partial charge is 0.362 e. The highest BCUT2D eigenvalue weighted by Crippen LogP contribution is 2.49. The van der Waals surface area contributed by atoms with Crippen LogP contribution in [-0.2, 0) is 34.8 Å². The number of esters is 2. The van der Waals surface area contributed by atoms with Crippen LogP contribution in [0.15, 0.2) is 21.9 Å². The first-order chi connectivity index (χ1) is 12.6. The molecule has 0 bridgehead atoms. The van der Waals surface area contributed by atoms with Gasteiger partial charge in [-0.1, -0.05) is 13.0 Å². The molecule has 0 aliphatic carbocycles. The molecular weight excluding hydrogens is 390 g/mol. The third kappa shape index (κ3) is 3.80. The Hall–Kier alpha value is -1.74. The van der Waals surface area contributed by atoms with Gasteiger partial charge in [-0.05, 0) is 38.6 Å². The first-order valence-corrected chi connectivity index (χ1v) is 10.5. The van der Waals surface area contributed by atoms with Gasteiger partial charge in [-0.2, -0.15) is 4.40 Å². The quantitative estimate of drug-likeness (QED) is 0.542. The Labute approximate surface area is 165 Å². The summed E-state index contributed by atoms with van der Waals surface area (Å²) in [5.41, 5.74) is -2.02. The molecule has 3 atom stereocenters. The van der Waals surface area contributed by atoms with E-state index in [1.807, 2.05) is 24.4 Å². The van der Waals surface area contributed by atoms with Crippen LogP contribution in [0.2, 0.25) is 0 Å². The molecule has 0 radical (unpaired) electrons. The van der Waals surface area contributed by atoms with Crippen molar-refractivity contribution >= 4 is 40.2 Å². The molecule has 2 heterocycles. The van der Waals surface area contributed by atoms with Crippen LogP contribution in [0, 0.1) is 5.92 Å². The van der Waals surface area contributed by atoms with Gasteiger partial charge in [0.1, 0.15) is 11.0 Å². The summed E-state index contributed by atoms with van der Waals surface area (Å²) >= 11 is 1.40. The highest BCUT2D eigenvalue weighted by Gasteiger charge is 2.66. The fourth-order valence-corrected chi connectivity index (χ4v) is 4.59. The van der Waals surface area contributed by atoms with Crippen LogP contribution >= 0.6 is 11.3 Å². The van der Waals surface area contributed by atoms with Crippen LogP contribution in [0.1, 0.15) is 44.9 Å². The molecule has 1 aliphatic heterocycles. The van der Waals surface area contributed by atoms with Crippen molar-refractivity contribution in [1.29, 1.82) is 0 Å². The Morgan fingerprint density at radius 1 is 1.30 bits per heavy atom. The molecule has 0 spiro atoms. The van der Waals surface area contributed by atoms with Gasteiger partial charge < -0.3 is 14.2 Å². The van der Waals surface area contributed by atoms with Gasteiger partial charge in [-0.25, -0.2) is 13.8 Å². The second-order valence-corrected chi connectivity index (χ2v) is 10.0. The Balaban J connectivity index is 2.70. The number of carbonyl (C=O) groups is 2. The molecule has 0 N–H and O–H groups in total. The summed E-state index contributed by atoms with van der Waals surface area (Å²) in [7, 11) is 0.759. The van der Waals surface area contributed by atoms with E-state index in [4.69, 9.17) is 14.2 Å². The van der Waals surface area contributed by atoms with Gasteiger partial charge in [-0.15, -0.1) is 11.3 Å². The zero-order valence-corrected chi connectivity index (χ0v) is 17.9. The number of ether oxygens (including phenoxy) is 3. The minimum Gasteiger partial charge on any atom is -0.466 e. The lowest BCUT2D eigenvalue weighted by molar-refractivity contribution is -0.178. The number of rotatable bonds is 5. The van der Waals surface area contributed by atoms with Crippen LogP contribution in [0.5, 0.6) is 0 Å². The number of nitrogens with zero attached hydrogens (tertiary/aromatic N) is 1. The predicted octanol–water partition coefficient (Wildman–Crippen LogP) is 2.83. The van der Waals surface area contributed by atoms with Crippen molar-refractivity contribution in [3.63, 3.8) is 0 Å². The molecule has 1 aromatic heterocycles. The highest BCUT2D eigenvalue weighted by molar-refractivity contribution is 7.85. The molecule has 1 unspecified atom stereocenters. The summed E-state index contributed by atoms with van der Waals surface area (Å²) in [4.78, 5) is 26.3. The minimum atomic E-state index is -2.02.